The Morgan fingerprint density at radius 3 is 1.47 bits per heavy atom. The monoisotopic (exact) mass is 370 g/mol. The van der Waals surface area contributed by atoms with E-state index in [-0.39, 0.29) is 20.9 Å². The van der Waals surface area contributed by atoms with E-state index in [2.05, 4.69) is 86.5 Å². The van der Waals surface area contributed by atoms with Crippen LogP contribution in [0.15, 0.2) is 48.5 Å². The molecule has 0 aromatic heterocycles. The zero-order valence-electron chi connectivity index (χ0n) is 11.9. The van der Waals surface area contributed by atoms with Crippen LogP contribution in [0.3, 0.4) is 0 Å². The molecule has 2 nitrogen and oxygen atoms in total. The third kappa shape index (κ3) is 3.89. The van der Waals surface area contributed by atoms with E-state index in [1.54, 1.807) is 0 Å². The van der Waals surface area contributed by atoms with Gasteiger partial charge in [-0.25, -0.2) is 0 Å². The summed E-state index contributed by atoms with van der Waals surface area (Å²) in [5, 5.41) is 0. The van der Waals surface area contributed by atoms with Crippen LogP contribution in [0.25, 0.3) is 0 Å². The van der Waals surface area contributed by atoms with Crippen LogP contribution in [-0.2, 0) is 0 Å². The SMILES string of the molecule is CN(C)c1cccc([Te]c2cccc(N(C)C)c2)c1. The predicted molar refractivity (Wildman–Crippen MR) is 86.6 cm³/mol. The predicted octanol–water partition coefficient (Wildman–Crippen LogP) is 1.47. The summed E-state index contributed by atoms with van der Waals surface area (Å²) < 4.78 is 2.96. The standard InChI is InChI=1S/C16H20N2Te/c1-17(2)13-7-5-9-15(11-13)19-16-10-6-8-14(12-16)18(3)4/h5-12H,1-4H3. The summed E-state index contributed by atoms with van der Waals surface area (Å²) in [6, 6.07) is 17.8. The van der Waals surface area contributed by atoms with Crippen molar-refractivity contribution in [3.8, 4) is 0 Å². The van der Waals surface area contributed by atoms with E-state index < -0.39 is 0 Å². The molecule has 0 aliphatic rings. The molecule has 0 spiro atoms. The van der Waals surface area contributed by atoms with Crippen LogP contribution in [0, 0.1) is 0 Å². The number of anilines is 2. The van der Waals surface area contributed by atoms with Gasteiger partial charge in [0.1, 0.15) is 0 Å². The summed E-state index contributed by atoms with van der Waals surface area (Å²) in [4.78, 5) is 4.32. The molecule has 2 rings (SSSR count). The Balaban J connectivity index is 2.21. The van der Waals surface area contributed by atoms with Crippen LogP contribution in [0.2, 0.25) is 0 Å². The van der Waals surface area contributed by atoms with Crippen LogP contribution in [0.1, 0.15) is 0 Å². The van der Waals surface area contributed by atoms with Gasteiger partial charge in [-0.05, 0) is 0 Å². The summed E-state index contributed by atoms with van der Waals surface area (Å²) in [5.74, 6) is 0. The zero-order valence-corrected chi connectivity index (χ0v) is 14.3. The first-order valence-electron chi connectivity index (χ1n) is 6.29. The normalized spacial score (nSPS) is 10.3. The number of rotatable bonds is 4. The first kappa shape index (κ1) is 14.2. The maximum atomic E-state index is 2.31. The topological polar surface area (TPSA) is 6.48 Å². The first-order chi connectivity index (χ1) is 9.06. The van der Waals surface area contributed by atoms with Gasteiger partial charge in [0.25, 0.3) is 0 Å². The summed E-state index contributed by atoms with van der Waals surface area (Å²) in [7, 11) is 8.36. The van der Waals surface area contributed by atoms with Crippen molar-refractivity contribution in [1.29, 1.82) is 0 Å². The summed E-state index contributed by atoms with van der Waals surface area (Å²) in [6.07, 6.45) is 0. The Kier molecular flexibility index (Phi) is 4.74. The van der Waals surface area contributed by atoms with Gasteiger partial charge in [-0.3, -0.25) is 0 Å². The summed E-state index contributed by atoms with van der Waals surface area (Å²) >= 11 is -0.307. The number of hydrogen-bond acceptors (Lipinski definition) is 2. The minimum absolute atomic E-state index is 0.307. The van der Waals surface area contributed by atoms with Gasteiger partial charge in [0.15, 0.2) is 0 Å². The number of hydrogen-bond donors (Lipinski definition) is 0. The second kappa shape index (κ2) is 6.32. The van der Waals surface area contributed by atoms with Gasteiger partial charge in [0, 0.05) is 0 Å². The van der Waals surface area contributed by atoms with Gasteiger partial charge in [-0.15, -0.1) is 0 Å². The average Bonchev–Trinajstić information content (AvgIpc) is 2.39. The number of benzene rings is 2. The Morgan fingerprint density at radius 2 is 1.11 bits per heavy atom. The van der Waals surface area contributed by atoms with Crippen molar-refractivity contribution in [2.45, 2.75) is 0 Å². The molecule has 0 N–H and O–H groups in total. The van der Waals surface area contributed by atoms with Gasteiger partial charge in [0.05, 0.1) is 0 Å². The third-order valence-electron chi connectivity index (χ3n) is 2.90. The molecule has 3 heteroatoms. The van der Waals surface area contributed by atoms with E-state index in [1.807, 2.05) is 0 Å². The molecule has 0 aliphatic heterocycles. The van der Waals surface area contributed by atoms with Gasteiger partial charge in [-0.2, -0.15) is 0 Å². The van der Waals surface area contributed by atoms with Crippen molar-refractivity contribution in [3.05, 3.63) is 48.5 Å². The molecule has 100 valence electrons. The molecule has 0 saturated heterocycles. The fourth-order valence-electron chi connectivity index (χ4n) is 1.79. The van der Waals surface area contributed by atoms with Crippen molar-refractivity contribution in [1.82, 2.24) is 0 Å². The fraction of sp³-hybridized carbons (Fsp3) is 0.250. The fourth-order valence-corrected chi connectivity index (χ4v) is 4.43. The molecule has 0 radical (unpaired) electrons. The molecule has 2 aromatic rings. The maximum absolute atomic E-state index is 2.31. The molecule has 19 heavy (non-hydrogen) atoms. The van der Waals surface area contributed by atoms with E-state index in [9.17, 15) is 0 Å². The average molecular weight is 368 g/mol. The summed E-state index contributed by atoms with van der Waals surface area (Å²) in [6.45, 7) is 0. The zero-order chi connectivity index (χ0) is 13.8. The Bertz CT molecular complexity index is 500. The van der Waals surface area contributed by atoms with E-state index in [1.165, 1.54) is 18.6 Å². The molecular formula is C16H20N2Te. The van der Waals surface area contributed by atoms with Crippen molar-refractivity contribution >= 4 is 39.5 Å². The molecule has 2 aromatic carbocycles. The van der Waals surface area contributed by atoms with Crippen molar-refractivity contribution in [2.24, 2.45) is 0 Å². The van der Waals surface area contributed by atoms with Gasteiger partial charge < -0.3 is 0 Å². The Labute approximate surface area is 126 Å². The van der Waals surface area contributed by atoms with Crippen LogP contribution < -0.4 is 17.0 Å². The molecule has 0 heterocycles. The molecular weight excluding hydrogens is 348 g/mol. The van der Waals surface area contributed by atoms with E-state index in [0.29, 0.717) is 0 Å². The van der Waals surface area contributed by atoms with Crippen LogP contribution in [-0.4, -0.2) is 49.1 Å². The molecule has 0 bridgehead atoms. The molecule has 0 unspecified atom stereocenters. The molecule has 0 aliphatic carbocycles. The van der Waals surface area contributed by atoms with Gasteiger partial charge >= 0.3 is 126 Å². The summed E-state index contributed by atoms with van der Waals surface area (Å²) in [5.41, 5.74) is 2.57. The molecule has 0 amide bonds. The Hall–Kier alpha value is -1.17. The quantitative estimate of drug-likeness (QED) is 0.755. The van der Waals surface area contributed by atoms with Crippen molar-refractivity contribution in [3.63, 3.8) is 0 Å². The number of nitrogens with zero attached hydrogens (tertiary/aromatic N) is 2. The molecule has 0 atom stereocenters. The third-order valence-corrected chi connectivity index (χ3v) is 5.70. The second-order valence-electron chi connectivity index (χ2n) is 4.89. The Morgan fingerprint density at radius 1 is 0.684 bits per heavy atom. The van der Waals surface area contributed by atoms with Crippen LogP contribution >= 0.6 is 0 Å². The van der Waals surface area contributed by atoms with Gasteiger partial charge in [-0.1, -0.05) is 0 Å². The van der Waals surface area contributed by atoms with Crippen molar-refractivity contribution < 1.29 is 0 Å². The first-order valence-corrected chi connectivity index (χ1v) is 8.62. The molecule has 0 fully saturated rings. The van der Waals surface area contributed by atoms with E-state index in [4.69, 9.17) is 0 Å². The van der Waals surface area contributed by atoms with Crippen molar-refractivity contribution in [2.75, 3.05) is 38.0 Å². The van der Waals surface area contributed by atoms with Crippen LogP contribution in [0.5, 0.6) is 0 Å². The van der Waals surface area contributed by atoms with E-state index in [0.717, 1.165) is 0 Å². The van der Waals surface area contributed by atoms with E-state index >= 15 is 0 Å². The van der Waals surface area contributed by atoms with Crippen LogP contribution in [0.4, 0.5) is 11.4 Å². The van der Waals surface area contributed by atoms with Gasteiger partial charge in [0.2, 0.25) is 0 Å². The second-order valence-corrected chi connectivity index (χ2v) is 8.16. The molecule has 0 saturated carbocycles. The minimum atomic E-state index is -0.307.